The van der Waals surface area contributed by atoms with Crippen molar-refractivity contribution < 1.29 is 14.5 Å². The van der Waals surface area contributed by atoms with Gasteiger partial charge in [-0.3, -0.25) is 15.0 Å². The molecule has 1 fully saturated rings. The van der Waals surface area contributed by atoms with E-state index in [1.807, 2.05) is 22.7 Å². The summed E-state index contributed by atoms with van der Waals surface area (Å²) in [7, 11) is 3.18. The summed E-state index contributed by atoms with van der Waals surface area (Å²) in [6.07, 6.45) is 4.98. The van der Waals surface area contributed by atoms with Crippen LogP contribution in [0.1, 0.15) is 16.2 Å². The molecule has 10 nitrogen and oxygen atoms in total. The molecule has 1 aliphatic rings. The summed E-state index contributed by atoms with van der Waals surface area (Å²) in [6.45, 7) is 3.43. The van der Waals surface area contributed by atoms with Crippen LogP contribution in [0.5, 0.6) is 0 Å². The Morgan fingerprint density at radius 1 is 1.31 bits per heavy atom. The number of rotatable bonds is 5. The summed E-state index contributed by atoms with van der Waals surface area (Å²) in [5.74, 6) is 0.608. The van der Waals surface area contributed by atoms with Crippen LogP contribution in [-0.2, 0) is 18.3 Å². The van der Waals surface area contributed by atoms with Crippen LogP contribution in [0.3, 0.4) is 0 Å². The fraction of sp³-hybridized carbons (Fsp3) is 0.438. The predicted molar refractivity (Wildman–Crippen MR) is 92.9 cm³/mol. The lowest BCUT2D eigenvalue weighted by Gasteiger charge is -2.34. The zero-order chi connectivity index (χ0) is 18.7. The third-order valence-electron chi connectivity index (χ3n) is 4.42. The molecule has 3 heterocycles. The minimum absolute atomic E-state index is 0.0661. The van der Waals surface area contributed by atoms with Crippen LogP contribution in [0.15, 0.2) is 24.7 Å². The SMILES string of the molecule is COC(=O)c1cnc(N2CCN(Cc3nccn3C)CC2)c([N+](=O)[O-])c1. The number of hydrogen-bond acceptors (Lipinski definition) is 8. The molecule has 0 aliphatic carbocycles. The molecule has 138 valence electrons. The van der Waals surface area contributed by atoms with Crippen LogP contribution in [0, 0.1) is 10.1 Å². The molecule has 1 aliphatic heterocycles. The molecule has 26 heavy (non-hydrogen) atoms. The van der Waals surface area contributed by atoms with Crippen LogP contribution in [0.25, 0.3) is 0 Å². The molecule has 0 atom stereocenters. The molecule has 0 aromatic carbocycles. The van der Waals surface area contributed by atoms with Crippen LogP contribution >= 0.6 is 0 Å². The minimum atomic E-state index is -0.646. The van der Waals surface area contributed by atoms with Crippen molar-refractivity contribution in [2.75, 3.05) is 38.2 Å². The second-order valence-electron chi connectivity index (χ2n) is 6.03. The molecule has 2 aromatic heterocycles. The third-order valence-corrected chi connectivity index (χ3v) is 4.42. The monoisotopic (exact) mass is 360 g/mol. The lowest BCUT2D eigenvalue weighted by Crippen LogP contribution is -2.46. The maximum absolute atomic E-state index is 11.6. The number of anilines is 1. The second-order valence-corrected chi connectivity index (χ2v) is 6.03. The fourth-order valence-corrected chi connectivity index (χ4v) is 2.92. The van der Waals surface area contributed by atoms with E-state index in [4.69, 9.17) is 0 Å². The smallest absolute Gasteiger partial charge is 0.339 e. The Labute approximate surface area is 150 Å². The van der Waals surface area contributed by atoms with E-state index in [1.165, 1.54) is 19.4 Å². The molecular formula is C16H20N6O4. The van der Waals surface area contributed by atoms with Gasteiger partial charge in [-0.15, -0.1) is 0 Å². The Balaban J connectivity index is 1.71. The first-order chi connectivity index (χ1) is 12.5. The molecule has 0 saturated carbocycles. The summed E-state index contributed by atoms with van der Waals surface area (Å²) in [6, 6.07) is 1.22. The van der Waals surface area contributed by atoms with Crippen molar-refractivity contribution in [2.45, 2.75) is 6.54 Å². The van der Waals surface area contributed by atoms with E-state index < -0.39 is 10.9 Å². The molecule has 0 unspecified atom stereocenters. The van der Waals surface area contributed by atoms with Gasteiger partial charge in [0.25, 0.3) is 0 Å². The van der Waals surface area contributed by atoms with E-state index >= 15 is 0 Å². The summed E-state index contributed by atoms with van der Waals surface area (Å²) in [4.78, 5) is 35.1. The van der Waals surface area contributed by atoms with Crippen molar-refractivity contribution in [1.82, 2.24) is 19.4 Å². The molecule has 1 saturated heterocycles. The van der Waals surface area contributed by atoms with E-state index in [-0.39, 0.29) is 17.1 Å². The molecule has 0 N–H and O–H groups in total. The highest BCUT2D eigenvalue weighted by atomic mass is 16.6. The average Bonchev–Trinajstić information content (AvgIpc) is 3.06. The molecule has 0 spiro atoms. The topological polar surface area (TPSA) is 107 Å². The number of hydrogen-bond donors (Lipinski definition) is 0. The zero-order valence-corrected chi connectivity index (χ0v) is 14.7. The zero-order valence-electron chi connectivity index (χ0n) is 14.7. The number of aromatic nitrogens is 3. The van der Waals surface area contributed by atoms with Gasteiger partial charge >= 0.3 is 11.7 Å². The van der Waals surface area contributed by atoms with E-state index in [0.717, 1.165) is 25.5 Å². The van der Waals surface area contributed by atoms with E-state index in [2.05, 4.69) is 19.6 Å². The number of pyridine rings is 1. The highest BCUT2D eigenvalue weighted by Gasteiger charge is 2.27. The van der Waals surface area contributed by atoms with Gasteiger partial charge in [-0.05, 0) is 0 Å². The number of carbonyl (C=O) groups is 1. The maximum atomic E-state index is 11.6. The van der Waals surface area contributed by atoms with Crippen LogP contribution in [0.2, 0.25) is 0 Å². The molecule has 10 heteroatoms. The Bertz CT molecular complexity index is 813. The number of piperazine rings is 1. The van der Waals surface area contributed by atoms with E-state index in [0.29, 0.717) is 13.1 Å². The quantitative estimate of drug-likeness (QED) is 0.438. The van der Waals surface area contributed by atoms with Gasteiger partial charge in [-0.1, -0.05) is 0 Å². The molecule has 0 bridgehead atoms. The van der Waals surface area contributed by atoms with Gasteiger partial charge in [0.1, 0.15) is 5.82 Å². The number of nitrogens with zero attached hydrogens (tertiary/aromatic N) is 6. The summed E-state index contributed by atoms with van der Waals surface area (Å²) >= 11 is 0. The molecule has 2 aromatic rings. The number of methoxy groups -OCH3 is 1. The van der Waals surface area contributed by atoms with Crippen LogP contribution in [0.4, 0.5) is 11.5 Å². The highest BCUT2D eigenvalue weighted by Crippen LogP contribution is 2.27. The van der Waals surface area contributed by atoms with Gasteiger partial charge in [0.05, 0.1) is 24.1 Å². The number of carbonyl (C=O) groups excluding carboxylic acids is 1. The molecule has 3 rings (SSSR count). The Hall–Kier alpha value is -3.01. The standard InChI is InChI=1S/C16H20N6O4/c1-19-4-3-17-14(19)11-20-5-7-21(8-6-20)15-13(22(24)25)9-12(10-18-15)16(23)26-2/h3-4,9-10H,5-8,11H2,1-2H3. The van der Waals surface area contributed by atoms with Gasteiger partial charge in [0.2, 0.25) is 5.82 Å². The van der Waals surface area contributed by atoms with E-state index in [1.54, 1.807) is 6.20 Å². The maximum Gasteiger partial charge on any atom is 0.339 e. The van der Waals surface area contributed by atoms with Crippen molar-refractivity contribution in [3.05, 3.63) is 46.2 Å². The third kappa shape index (κ3) is 3.64. The number of nitro groups is 1. The molecule has 0 amide bonds. The number of aryl methyl sites for hydroxylation is 1. The lowest BCUT2D eigenvalue weighted by atomic mass is 10.2. The highest BCUT2D eigenvalue weighted by molar-refractivity contribution is 5.90. The Morgan fingerprint density at radius 3 is 2.62 bits per heavy atom. The van der Waals surface area contributed by atoms with Crippen molar-refractivity contribution in [1.29, 1.82) is 0 Å². The van der Waals surface area contributed by atoms with E-state index in [9.17, 15) is 14.9 Å². The van der Waals surface area contributed by atoms with Crippen molar-refractivity contribution in [3.8, 4) is 0 Å². The summed E-state index contributed by atoms with van der Waals surface area (Å²) < 4.78 is 6.58. The predicted octanol–water partition coefficient (Wildman–Crippen LogP) is 0.832. The average molecular weight is 360 g/mol. The normalized spacial score (nSPS) is 15.1. The molecular weight excluding hydrogens is 340 g/mol. The van der Waals surface area contributed by atoms with Gasteiger partial charge in [-0.25, -0.2) is 14.8 Å². The Kier molecular flexibility index (Phi) is 5.12. The first-order valence-electron chi connectivity index (χ1n) is 8.16. The summed E-state index contributed by atoms with van der Waals surface area (Å²) in [5.41, 5.74) is -0.123. The van der Waals surface area contributed by atoms with Crippen LogP contribution < -0.4 is 4.90 Å². The number of ether oxygens (including phenoxy) is 1. The molecule has 0 radical (unpaired) electrons. The largest absolute Gasteiger partial charge is 0.465 e. The first-order valence-corrected chi connectivity index (χ1v) is 8.16. The fourth-order valence-electron chi connectivity index (χ4n) is 2.92. The summed E-state index contributed by atoms with van der Waals surface area (Å²) in [5, 5.41) is 11.4. The minimum Gasteiger partial charge on any atom is -0.465 e. The van der Waals surface area contributed by atoms with Gasteiger partial charge < -0.3 is 14.2 Å². The van der Waals surface area contributed by atoms with Crippen molar-refractivity contribution in [2.24, 2.45) is 7.05 Å². The van der Waals surface area contributed by atoms with Crippen molar-refractivity contribution in [3.63, 3.8) is 0 Å². The number of esters is 1. The van der Waals surface area contributed by atoms with Gasteiger partial charge in [0.15, 0.2) is 0 Å². The Morgan fingerprint density at radius 2 is 2.04 bits per heavy atom. The van der Waals surface area contributed by atoms with Gasteiger partial charge in [0, 0.05) is 57.9 Å². The number of imidazole rings is 1. The van der Waals surface area contributed by atoms with Crippen LogP contribution in [-0.4, -0.2) is 63.6 Å². The van der Waals surface area contributed by atoms with Crippen molar-refractivity contribution >= 4 is 17.5 Å². The van der Waals surface area contributed by atoms with Gasteiger partial charge in [-0.2, -0.15) is 0 Å². The lowest BCUT2D eigenvalue weighted by molar-refractivity contribution is -0.384. The second kappa shape index (κ2) is 7.48. The first kappa shape index (κ1) is 17.8.